The van der Waals surface area contributed by atoms with Gasteiger partial charge in [-0.05, 0) is 36.5 Å². The maximum absolute atomic E-state index is 13.1. The number of amides is 2. The fraction of sp³-hybridized carbons (Fsp3) is 0.588. The van der Waals surface area contributed by atoms with Crippen LogP contribution in [0.5, 0.6) is 0 Å². The molecular formula is C17H23FN2O3. The van der Waals surface area contributed by atoms with E-state index in [1.54, 1.807) is 18.0 Å². The average molecular weight is 322 g/mol. The standard InChI is InChI=1S/C17H23FN2O3/c1-19-16(21)20-11-17(12-20)8-14(10-23-17)5-6-22-9-13-3-2-4-15(18)7-13/h2-4,7,14H,5-6,8-12H2,1H3,(H,19,21). The van der Waals surface area contributed by atoms with Crippen LogP contribution in [0.1, 0.15) is 18.4 Å². The molecule has 2 aliphatic rings. The largest absolute Gasteiger partial charge is 0.377 e. The number of hydrogen-bond donors (Lipinski definition) is 1. The van der Waals surface area contributed by atoms with Crippen molar-refractivity contribution in [3.63, 3.8) is 0 Å². The Morgan fingerprint density at radius 1 is 1.52 bits per heavy atom. The first-order valence-corrected chi connectivity index (χ1v) is 8.03. The van der Waals surface area contributed by atoms with Gasteiger partial charge in [0.1, 0.15) is 11.4 Å². The van der Waals surface area contributed by atoms with Crippen LogP contribution in [-0.4, -0.2) is 49.9 Å². The Bertz CT molecular complexity index is 561. The van der Waals surface area contributed by atoms with Gasteiger partial charge in [0.25, 0.3) is 0 Å². The van der Waals surface area contributed by atoms with Crippen LogP contribution in [0.15, 0.2) is 24.3 Å². The third-order valence-electron chi connectivity index (χ3n) is 4.57. The molecule has 0 saturated carbocycles. The lowest BCUT2D eigenvalue weighted by atomic mass is 9.86. The highest BCUT2D eigenvalue weighted by Crippen LogP contribution is 2.38. The van der Waals surface area contributed by atoms with E-state index in [0.29, 0.717) is 32.2 Å². The van der Waals surface area contributed by atoms with Crippen molar-refractivity contribution in [3.05, 3.63) is 35.6 Å². The summed E-state index contributed by atoms with van der Waals surface area (Å²) >= 11 is 0. The Balaban J connectivity index is 1.34. The molecule has 1 atom stereocenters. The molecule has 2 amide bonds. The molecule has 1 aromatic rings. The normalized spacial score (nSPS) is 22.2. The molecule has 2 heterocycles. The van der Waals surface area contributed by atoms with E-state index < -0.39 is 0 Å². The van der Waals surface area contributed by atoms with Crippen LogP contribution in [0, 0.1) is 11.7 Å². The number of halogens is 1. The SMILES string of the molecule is CNC(=O)N1CC2(CC(CCOCc3cccc(F)c3)CO2)C1. The molecule has 1 aromatic carbocycles. The molecule has 0 bridgehead atoms. The Labute approximate surface area is 135 Å². The maximum Gasteiger partial charge on any atom is 0.317 e. The first-order valence-electron chi connectivity index (χ1n) is 8.03. The number of carbonyl (C=O) groups is 1. The molecule has 6 heteroatoms. The van der Waals surface area contributed by atoms with E-state index in [-0.39, 0.29) is 17.4 Å². The van der Waals surface area contributed by atoms with Gasteiger partial charge in [0.15, 0.2) is 0 Å². The number of ether oxygens (including phenoxy) is 2. The first kappa shape index (κ1) is 16.2. The highest BCUT2D eigenvalue weighted by molar-refractivity contribution is 5.75. The van der Waals surface area contributed by atoms with Gasteiger partial charge in [-0.2, -0.15) is 0 Å². The number of likely N-dealkylation sites (tertiary alicyclic amines) is 1. The van der Waals surface area contributed by atoms with Crippen molar-refractivity contribution in [3.8, 4) is 0 Å². The van der Waals surface area contributed by atoms with Gasteiger partial charge in [0.05, 0.1) is 26.3 Å². The second-order valence-corrected chi connectivity index (χ2v) is 6.45. The molecule has 0 aliphatic carbocycles. The minimum atomic E-state index is -0.233. The predicted octanol–water partition coefficient (Wildman–Crippen LogP) is 2.16. The molecule has 2 aliphatic heterocycles. The summed E-state index contributed by atoms with van der Waals surface area (Å²) in [5, 5.41) is 2.63. The second kappa shape index (κ2) is 6.84. The molecule has 1 spiro atoms. The Morgan fingerprint density at radius 3 is 3.09 bits per heavy atom. The summed E-state index contributed by atoms with van der Waals surface area (Å²) in [7, 11) is 1.64. The Hall–Kier alpha value is -1.66. The summed E-state index contributed by atoms with van der Waals surface area (Å²) in [5.41, 5.74) is 0.712. The lowest BCUT2D eigenvalue weighted by molar-refractivity contribution is -0.0911. The summed E-state index contributed by atoms with van der Waals surface area (Å²) < 4.78 is 24.6. The Kier molecular flexibility index (Phi) is 4.82. The number of nitrogens with zero attached hydrogens (tertiary/aromatic N) is 1. The number of rotatable bonds is 5. The number of urea groups is 1. The molecule has 23 heavy (non-hydrogen) atoms. The fourth-order valence-electron chi connectivity index (χ4n) is 3.36. The van der Waals surface area contributed by atoms with Crippen LogP contribution in [0.4, 0.5) is 9.18 Å². The highest BCUT2D eigenvalue weighted by atomic mass is 19.1. The number of carbonyl (C=O) groups excluding carboxylic acids is 1. The molecule has 1 unspecified atom stereocenters. The summed E-state index contributed by atoms with van der Waals surface area (Å²) in [6.07, 6.45) is 1.90. The van der Waals surface area contributed by atoms with Crippen molar-refractivity contribution >= 4 is 6.03 Å². The number of hydrogen-bond acceptors (Lipinski definition) is 3. The van der Waals surface area contributed by atoms with Crippen LogP contribution < -0.4 is 5.32 Å². The van der Waals surface area contributed by atoms with E-state index in [1.807, 2.05) is 6.07 Å². The van der Waals surface area contributed by atoms with E-state index in [1.165, 1.54) is 12.1 Å². The van der Waals surface area contributed by atoms with E-state index in [4.69, 9.17) is 9.47 Å². The zero-order chi connectivity index (χ0) is 16.3. The quantitative estimate of drug-likeness (QED) is 0.845. The summed E-state index contributed by atoms with van der Waals surface area (Å²) in [5.74, 6) is 0.234. The minimum absolute atomic E-state index is 0.0406. The molecule has 126 valence electrons. The van der Waals surface area contributed by atoms with Gasteiger partial charge in [-0.15, -0.1) is 0 Å². The predicted molar refractivity (Wildman–Crippen MR) is 83.5 cm³/mol. The van der Waals surface area contributed by atoms with Gasteiger partial charge in [-0.25, -0.2) is 9.18 Å². The molecule has 3 rings (SSSR count). The van der Waals surface area contributed by atoms with Crippen LogP contribution in [0.2, 0.25) is 0 Å². The van der Waals surface area contributed by atoms with Crippen molar-refractivity contribution in [2.45, 2.75) is 25.0 Å². The van der Waals surface area contributed by atoms with E-state index in [0.717, 1.165) is 25.0 Å². The van der Waals surface area contributed by atoms with E-state index in [2.05, 4.69) is 5.32 Å². The van der Waals surface area contributed by atoms with Gasteiger partial charge in [0.2, 0.25) is 0 Å². The fourth-order valence-corrected chi connectivity index (χ4v) is 3.36. The molecule has 2 fully saturated rings. The van der Waals surface area contributed by atoms with Crippen LogP contribution in [-0.2, 0) is 16.1 Å². The smallest absolute Gasteiger partial charge is 0.317 e. The van der Waals surface area contributed by atoms with Gasteiger partial charge in [0, 0.05) is 13.7 Å². The molecule has 5 nitrogen and oxygen atoms in total. The van der Waals surface area contributed by atoms with Crippen molar-refractivity contribution in [2.24, 2.45) is 5.92 Å². The number of nitrogens with one attached hydrogen (secondary N) is 1. The second-order valence-electron chi connectivity index (χ2n) is 6.45. The topological polar surface area (TPSA) is 50.8 Å². The molecular weight excluding hydrogens is 299 g/mol. The van der Waals surface area contributed by atoms with Gasteiger partial charge >= 0.3 is 6.03 Å². The van der Waals surface area contributed by atoms with Crippen LogP contribution >= 0.6 is 0 Å². The Morgan fingerprint density at radius 2 is 2.35 bits per heavy atom. The zero-order valence-electron chi connectivity index (χ0n) is 13.4. The summed E-state index contributed by atoms with van der Waals surface area (Å²) in [4.78, 5) is 13.3. The lowest BCUT2D eigenvalue weighted by Crippen LogP contribution is -2.64. The van der Waals surface area contributed by atoms with Crippen molar-refractivity contribution < 1.29 is 18.7 Å². The number of benzene rings is 1. The monoisotopic (exact) mass is 322 g/mol. The molecule has 1 N–H and O–H groups in total. The van der Waals surface area contributed by atoms with Crippen LogP contribution in [0.25, 0.3) is 0 Å². The summed E-state index contributed by atoms with van der Waals surface area (Å²) in [6.45, 7) is 3.15. The highest BCUT2D eigenvalue weighted by Gasteiger charge is 2.50. The first-order chi connectivity index (χ1) is 11.1. The molecule has 0 aromatic heterocycles. The summed E-state index contributed by atoms with van der Waals surface area (Å²) in [6, 6.07) is 6.44. The van der Waals surface area contributed by atoms with Gasteiger partial charge in [-0.1, -0.05) is 12.1 Å². The minimum Gasteiger partial charge on any atom is -0.377 e. The van der Waals surface area contributed by atoms with Crippen molar-refractivity contribution in [1.82, 2.24) is 10.2 Å². The third-order valence-corrected chi connectivity index (χ3v) is 4.57. The van der Waals surface area contributed by atoms with E-state index in [9.17, 15) is 9.18 Å². The molecule has 0 radical (unpaired) electrons. The zero-order valence-corrected chi connectivity index (χ0v) is 13.4. The lowest BCUT2D eigenvalue weighted by Gasteiger charge is -2.46. The van der Waals surface area contributed by atoms with Gasteiger partial charge < -0.3 is 19.7 Å². The van der Waals surface area contributed by atoms with Crippen molar-refractivity contribution in [1.29, 1.82) is 0 Å². The van der Waals surface area contributed by atoms with Crippen LogP contribution in [0.3, 0.4) is 0 Å². The van der Waals surface area contributed by atoms with Crippen molar-refractivity contribution in [2.75, 3.05) is 33.4 Å². The molecule has 2 saturated heterocycles. The van der Waals surface area contributed by atoms with Gasteiger partial charge in [-0.3, -0.25) is 0 Å². The maximum atomic E-state index is 13.1. The average Bonchev–Trinajstić information content (AvgIpc) is 2.94. The van der Waals surface area contributed by atoms with E-state index >= 15 is 0 Å². The third kappa shape index (κ3) is 3.82.